The summed E-state index contributed by atoms with van der Waals surface area (Å²) < 4.78 is 10.9. The number of benzene rings is 1. The Labute approximate surface area is 145 Å². The summed E-state index contributed by atoms with van der Waals surface area (Å²) in [6, 6.07) is 9.60. The van der Waals surface area contributed by atoms with Crippen LogP contribution in [0, 0.1) is 5.92 Å². The van der Waals surface area contributed by atoms with Crippen molar-refractivity contribution in [2.24, 2.45) is 5.92 Å². The third kappa shape index (κ3) is 7.62. The number of ether oxygens (including phenoxy) is 2. The Balaban J connectivity index is 2.28. The molecule has 0 radical (unpaired) electrons. The zero-order valence-corrected chi connectivity index (χ0v) is 15.3. The van der Waals surface area contributed by atoms with Crippen LogP contribution in [0.4, 0.5) is 0 Å². The summed E-state index contributed by atoms with van der Waals surface area (Å²) in [6.45, 7) is 8.03. The van der Waals surface area contributed by atoms with Crippen LogP contribution in [0.25, 0.3) is 0 Å². The topological polar surface area (TPSA) is 52.6 Å². The third-order valence-electron chi connectivity index (χ3n) is 3.94. The standard InChI is InChI=1S/C20H30O4/c1-5-10-18(15(2)3)24-20(22)14-9-13-19(21)23-16(4)17-11-7-6-8-12-17/h6-8,11-12,15-16,18H,5,9-10,13-14H2,1-4H3. The Morgan fingerprint density at radius 1 is 0.958 bits per heavy atom. The number of hydrogen-bond acceptors (Lipinski definition) is 4. The van der Waals surface area contributed by atoms with E-state index >= 15 is 0 Å². The van der Waals surface area contributed by atoms with Gasteiger partial charge >= 0.3 is 11.9 Å². The number of hydrogen-bond donors (Lipinski definition) is 0. The van der Waals surface area contributed by atoms with E-state index in [1.807, 2.05) is 37.3 Å². The molecule has 4 nitrogen and oxygen atoms in total. The number of rotatable bonds is 10. The smallest absolute Gasteiger partial charge is 0.306 e. The van der Waals surface area contributed by atoms with E-state index in [2.05, 4.69) is 20.8 Å². The van der Waals surface area contributed by atoms with Gasteiger partial charge in [0.25, 0.3) is 0 Å². The van der Waals surface area contributed by atoms with Gasteiger partial charge in [-0.1, -0.05) is 57.5 Å². The molecule has 0 aliphatic carbocycles. The minimum Gasteiger partial charge on any atom is -0.462 e. The lowest BCUT2D eigenvalue weighted by molar-refractivity contribution is -0.152. The molecule has 0 aliphatic rings. The van der Waals surface area contributed by atoms with E-state index in [-0.39, 0.29) is 37.0 Å². The predicted octanol–water partition coefficient (Wildman–Crippen LogP) is 4.83. The van der Waals surface area contributed by atoms with Crippen molar-refractivity contribution in [2.45, 2.75) is 72.0 Å². The SMILES string of the molecule is CCCC(OC(=O)CCCC(=O)OC(C)c1ccccc1)C(C)C. The monoisotopic (exact) mass is 334 g/mol. The summed E-state index contributed by atoms with van der Waals surface area (Å²) in [6.07, 6.45) is 2.48. The lowest BCUT2D eigenvalue weighted by Gasteiger charge is -2.20. The molecular formula is C20H30O4. The molecule has 1 rings (SSSR count). The van der Waals surface area contributed by atoms with Gasteiger partial charge in [-0.05, 0) is 31.2 Å². The van der Waals surface area contributed by atoms with Gasteiger partial charge in [0, 0.05) is 12.8 Å². The lowest BCUT2D eigenvalue weighted by atomic mass is 10.0. The van der Waals surface area contributed by atoms with E-state index in [4.69, 9.17) is 9.47 Å². The van der Waals surface area contributed by atoms with Crippen molar-refractivity contribution in [1.29, 1.82) is 0 Å². The van der Waals surface area contributed by atoms with Gasteiger partial charge in [0.15, 0.2) is 0 Å². The Hall–Kier alpha value is -1.84. The molecule has 4 heteroatoms. The summed E-state index contributed by atoms with van der Waals surface area (Å²) in [7, 11) is 0. The molecule has 0 saturated heterocycles. The zero-order chi connectivity index (χ0) is 17.9. The van der Waals surface area contributed by atoms with Gasteiger partial charge in [0.1, 0.15) is 12.2 Å². The first-order valence-corrected chi connectivity index (χ1v) is 8.88. The highest BCUT2D eigenvalue weighted by molar-refractivity contribution is 5.72. The average molecular weight is 334 g/mol. The van der Waals surface area contributed by atoms with Gasteiger partial charge < -0.3 is 9.47 Å². The summed E-state index contributed by atoms with van der Waals surface area (Å²) in [5.74, 6) is -0.204. The Kier molecular flexibility index (Phi) is 9.13. The van der Waals surface area contributed by atoms with E-state index in [0.29, 0.717) is 12.3 Å². The maximum absolute atomic E-state index is 11.9. The quantitative estimate of drug-likeness (QED) is 0.575. The van der Waals surface area contributed by atoms with Gasteiger partial charge in [0.2, 0.25) is 0 Å². The lowest BCUT2D eigenvalue weighted by Crippen LogP contribution is -2.23. The fourth-order valence-corrected chi connectivity index (χ4v) is 2.47. The molecule has 0 amide bonds. The predicted molar refractivity (Wildman–Crippen MR) is 94.4 cm³/mol. The fourth-order valence-electron chi connectivity index (χ4n) is 2.47. The molecule has 0 aliphatic heterocycles. The number of esters is 2. The second-order valence-electron chi connectivity index (χ2n) is 6.46. The van der Waals surface area contributed by atoms with Crippen LogP contribution in [0.5, 0.6) is 0 Å². The third-order valence-corrected chi connectivity index (χ3v) is 3.94. The van der Waals surface area contributed by atoms with Crippen molar-refractivity contribution in [1.82, 2.24) is 0 Å². The van der Waals surface area contributed by atoms with Crippen LogP contribution in [0.2, 0.25) is 0 Å². The molecule has 0 bridgehead atoms. The van der Waals surface area contributed by atoms with E-state index < -0.39 is 0 Å². The van der Waals surface area contributed by atoms with Crippen molar-refractivity contribution in [3.05, 3.63) is 35.9 Å². The van der Waals surface area contributed by atoms with Crippen LogP contribution in [0.1, 0.15) is 71.5 Å². The van der Waals surface area contributed by atoms with Gasteiger partial charge in [-0.3, -0.25) is 9.59 Å². The van der Waals surface area contributed by atoms with Crippen LogP contribution < -0.4 is 0 Å². The molecule has 24 heavy (non-hydrogen) atoms. The summed E-state index contributed by atoms with van der Waals surface area (Å²) >= 11 is 0. The zero-order valence-electron chi connectivity index (χ0n) is 15.3. The van der Waals surface area contributed by atoms with Gasteiger partial charge in [0.05, 0.1) is 0 Å². The van der Waals surface area contributed by atoms with Crippen LogP contribution >= 0.6 is 0 Å². The van der Waals surface area contributed by atoms with Crippen LogP contribution in [0.15, 0.2) is 30.3 Å². The summed E-state index contributed by atoms with van der Waals surface area (Å²) in [5, 5.41) is 0. The minimum absolute atomic E-state index is 0.0347. The summed E-state index contributed by atoms with van der Waals surface area (Å²) in [5.41, 5.74) is 0.963. The van der Waals surface area contributed by atoms with E-state index in [1.165, 1.54) is 0 Å². The molecule has 0 heterocycles. The van der Waals surface area contributed by atoms with Gasteiger partial charge in [-0.15, -0.1) is 0 Å². The van der Waals surface area contributed by atoms with Crippen LogP contribution in [0.3, 0.4) is 0 Å². The molecule has 1 aromatic rings. The molecule has 2 atom stereocenters. The molecule has 2 unspecified atom stereocenters. The van der Waals surface area contributed by atoms with E-state index in [9.17, 15) is 9.59 Å². The number of carbonyl (C=O) groups is 2. The Morgan fingerprint density at radius 2 is 1.54 bits per heavy atom. The first-order valence-electron chi connectivity index (χ1n) is 8.88. The van der Waals surface area contributed by atoms with Crippen molar-refractivity contribution in [3.8, 4) is 0 Å². The largest absolute Gasteiger partial charge is 0.462 e. The van der Waals surface area contributed by atoms with E-state index in [0.717, 1.165) is 18.4 Å². The van der Waals surface area contributed by atoms with Gasteiger partial charge in [-0.2, -0.15) is 0 Å². The Bertz CT molecular complexity index is 496. The first-order chi connectivity index (χ1) is 11.4. The summed E-state index contributed by atoms with van der Waals surface area (Å²) in [4.78, 5) is 23.8. The molecule has 134 valence electrons. The highest BCUT2D eigenvalue weighted by atomic mass is 16.5. The molecule has 0 N–H and O–H groups in total. The average Bonchev–Trinajstić information content (AvgIpc) is 2.55. The van der Waals surface area contributed by atoms with Crippen molar-refractivity contribution < 1.29 is 19.1 Å². The van der Waals surface area contributed by atoms with Crippen molar-refractivity contribution >= 4 is 11.9 Å². The van der Waals surface area contributed by atoms with Crippen molar-refractivity contribution in [3.63, 3.8) is 0 Å². The molecule has 0 saturated carbocycles. The van der Waals surface area contributed by atoms with E-state index in [1.54, 1.807) is 0 Å². The highest BCUT2D eigenvalue weighted by Gasteiger charge is 2.18. The maximum atomic E-state index is 11.9. The fraction of sp³-hybridized carbons (Fsp3) is 0.600. The van der Waals surface area contributed by atoms with Crippen molar-refractivity contribution in [2.75, 3.05) is 0 Å². The van der Waals surface area contributed by atoms with Gasteiger partial charge in [-0.25, -0.2) is 0 Å². The maximum Gasteiger partial charge on any atom is 0.306 e. The molecule has 0 spiro atoms. The molecule has 0 fully saturated rings. The normalized spacial score (nSPS) is 13.4. The number of carbonyl (C=O) groups excluding carboxylic acids is 2. The van der Waals surface area contributed by atoms with Crippen LogP contribution in [-0.4, -0.2) is 18.0 Å². The second-order valence-corrected chi connectivity index (χ2v) is 6.46. The van der Waals surface area contributed by atoms with Crippen LogP contribution in [-0.2, 0) is 19.1 Å². The minimum atomic E-state index is -0.284. The first kappa shape index (κ1) is 20.2. The highest BCUT2D eigenvalue weighted by Crippen LogP contribution is 2.18. The molecule has 1 aromatic carbocycles. The second kappa shape index (κ2) is 10.8. The molecule has 0 aromatic heterocycles. The Morgan fingerprint density at radius 3 is 2.08 bits per heavy atom. The molecular weight excluding hydrogens is 304 g/mol.